The molecule has 7 nitrogen and oxygen atoms in total. The molecule has 6 heterocycles. The number of aromatic nitrogens is 5. The van der Waals surface area contributed by atoms with Crippen LogP contribution in [0.3, 0.4) is 0 Å². The summed E-state index contributed by atoms with van der Waals surface area (Å²) in [6.07, 6.45) is 9.70. The standard InChI is InChI=1S/C33H24N6O/c1-21(40)38-39-30-19-27-14-12-25(36-27)17-23-10-11-24(35-23)18-26-13-15-28(37-26)20-31(39)33(29-9-5-6-16-34-29)32(30)22-7-3-2-4-8-22/h2-20,35H,1H3,(H,38,40). The largest absolute Gasteiger partial charge is 0.355 e. The minimum Gasteiger partial charge on any atom is -0.355 e. The van der Waals surface area contributed by atoms with Gasteiger partial charge in [0.15, 0.2) is 0 Å². The Kier molecular flexibility index (Phi) is 5.67. The van der Waals surface area contributed by atoms with Gasteiger partial charge in [0, 0.05) is 35.3 Å². The van der Waals surface area contributed by atoms with Gasteiger partial charge >= 0.3 is 0 Å². The van der Waals surface area contributed by atoms with E-state index in [1.54, 1.807) is 6.20 Å². The summed E-state index contributed by atoms with van der Waals surface area (Å²) in [4.78, 5) is 30.5. The lowest BCUT2D eigenvalue weighted by Gasteiger charge is -2.07. The number of benzene rings is 1. The maximum atomic E-state index is 12.6. The first-order valence-electron chi connectivity index (χ1n) is 13.0. The molecule has 1 aromatic carbocycles. The Hall–Kier alpha value is -5.56. The Morgan fingerprint density at radius 2 is 1.27 bits per heavy atom. The third-order valence-corrected chi connectivity index (χ3v) is 6.77. The molecule has 0 fully saturated rings. The zero-order valence-corrected chi connectivity index (χ0v) is 21.7. The number of aromatic amines is 1. The number of hydrogen-bond acceptors (Lipinski definition) is 4. The normalized spacial score (nSPS) is 12.0. The van der Waals surface area contributed by atoms with Crippen molar-refractivity contribution >= 4 is 52.3 Å². The van der Waals surface area contributed by atoms with Crippen LogP contribution in [0.25, 0.3) is 68.8 Å². The van der Waals surface area contributed by atoms with E-state index < -0.39 is 0 Å². The predicted octanol–water partition coefficient (Wildman–Crippen LogP) is 6.95. The highest BCUT2D eigenvalue weighted by Crippen LogP contribution is 2.40. The summed E-state index contributed by atoms with van der Waals surface area (Å²) >= 11 is 0. The zero-order valence-electron chi connectivity index (χ0n) is 21.7. The van der Waals surface area contributed by atoms with Gasteiger partial charge in [-0.1, -0.05) is 36.4 Å². The third-order valence-electron chi connectivity index (χ3n) is 6.77. The number of nitrogens with one attached hydrogen (secondary N) is 2. The number of fused-ring (bicyclic) bond motifs is 8. The van der Waals surface area contributed by atoms with Gasteiger partial charge in [-0.2, -0.15) is 0 Å². The fourth-order valence-electron chi connectivity index (χ4n) is 5.13. The van der Waals surface area contributed by atoms with Gasteiger partial charge in [0.05, 0.1) is 39.5 Å². The van der Waals surface area contributed by atoms with Gasteiger partial charge in [0.1, 0.15) is 0 Å². The van der Waals surface area contributed by atoms with Gasteiger partial charge < -0.3 is 4.98 Å². The highest BCUT2D eigenvalue weighted by molar-refractivity contribution is 6.04. The monoisotopic (exact) mass is 520 g/mol. The third kappa shape index (κ3) is 4.39. The number of amides is 1. The number of carbonyl (C=O) groups is 1. The molecular weight excluding hydrogens is 496 g/mol. The molecule has 0 radical (unpaired) electrons. The highest BCUT2D eigenvalue weighted by Gasteiger charge is 2.22. The molecule has 4 aromatic heterocycles. The van der Waals surface area contributed by atoms with Crippen LogP contribution in [0.1, 0.15) is 29.7 Å². The Bertz CT molecular complexity index is 1870. The lowest BCUT2D eigenvalue weighted by molar-refractivity contribution is -0.115. The van der Waals surface area contributed by atoms with Crippen molar-refractivity contribution in [2.45, 2.75) is 6.92 Å². The Morgan fingerprint density at radius 1 is 0.700 bits per heavy atom. The van der Waals surface area contributed by atoms with Gasteiger partial charge in [0.25, 0.3) is 0 Å². The molecule has 7 rings (SSSR count). The van der Waals surface area contributed by atoms with E-state index in [0.717, 1.165) is 67.2 Å². The van der Waals surface area contributed by atoms with Gasteiger partial charge in [0.2, 0.25) is 5.91 Å². The van der Waals surface area contributed by atoms with E-state index >= 15 is 0 Å². The molecule has 40 heavy (non-hydrogen) atoms. The molecule has 0 saturated carbocycles. The number of carbonyl (C=O) groups excluding carboxylic acids is 1. The van der Waals surface area contributed by atoms with Crippen LogP contribution in [0.5, 0.6) is 0 Å². The van der Waals surface area contributed by atoms with Crippen molar-refractivity contribution in [3.05, 3.63) is 114 Å². The number of H-pyrrole nitrogens is 1. The fourth-order valence-corrected chi connectivity index (χ4v) is 5.13. The minimum atomic E-state index is -0.198. The smallest absolute Gasteiger partial charge is 0.235 e. The van der Waals surface area contributed by atoms with E-state index in [2.05, 4.69) is 22.5 Å². The maximum Gasteiger partial charge on any atom is 0.235 e. The first-order chi connectivity index (χ1) is 19.6. The van der Waals surface area contributed by atoms with Crippen molar-refractivity contribution in [3.8, 4) is 22.4 Å². The molecule has 0 atom stereocenters. The Balaban J connectivity index is 1.71. The van der Waals surface area contributed by atoms with Crippen LogP contribution in [0.15, 0.2) is 91.1 Å². The molecule has 8 bridgehead atoms. The van der Waals surface area contributed by atoms with Crippen molar-refractivity contribution in [2.24, 2.45) is 0 Å². The van der Waals surface area contributed by atoms with Crippen LogP contribution in [0.4, 0.5) is 0 Å². The molecule has 0 spiro atoms. The number of pyridine rings is 1. The molecule has 0 unspecified atom stereocenters. The lowest BCUT2D eigenvalue weighted by atomic mass is 9.99. The average Bonchev–Trinajstić information content (AvgIpc) is 3.75. The summed E-state index contributed by atoms with van der Waals surface area (Å²) in [5.74, 6) is -0.198. The molecule has 2 aliphatic rings. The van der Waals surface area contributed by atoms with Crippen molar-refractivity contribution < 1.29 is 4.79 Å². The predicted molar refractivity (Wildman–Crippen MR) is 161 cm³/mol. The van der Waals surface area contributed by atoms with E-state index in [-0.39, 0.29) is 5.91 Å². The highest BCUT2D eigenvalue weighted by atomic mass is 16.2. The molecule has 0 aliphatic carbocycles. The van der Waals surface area contributed by atoms with Crippen LogP contribution in [-0.2, 0) is 4.79 Å². The van der Waals surface area contributed by atoms with E-state index in [4.69, 9.17) is 15.0 Å². The van der Waals surface area contributed by atoms with E-state index in [0.29, 0.717) is 0 Å². The van der Waals surface area contributed by atoms with Crippen molar-refractivity contribution in [1.82, 2.24) is 24.6 Å². The summed E-state index contributed by atoms with van der Waals surface area (Å²) in [6, 6.07) is 28.0. The maximum absolute atomic E-state index is 12.6. The molecule has 2 N–H and O–H groups in total. The summed E-state index contributed by atoms with van der Waals surface area (Å²) in [7, 11) is 0. The topological polar surface area (TPSA) is 88.5 Å². The van der Waals surface area contributed by atoms with E-state index in [9.17, 15) is 4.79 Å². The van der Waals surface area contributed by atoms with E-state index in [1.807, 2.05) is 102 Å². The average molecular weight is 521 g/mol. The number of hydrogen-bond donors (Lipinski definition) is 2. The second-order valence-electron chi connectivity index (χ2n) is 9.64. The van der Waals surface area contributed by atoms with Gasteiger partial charge in [-0.15, -0.1) is 0 Å². The molecule has 5 aromatic rings. The Morgan fingerprint density at radius 3 is 1.85 bits per heavy atom. The molecular formula is C33H24N6O. The summed E-state index contributed by atoms with van der Waals surface area (Å²) in [5.41, 5.74) is 13.3. The van der Waals surface area contributed by atoms with Crippen LogP contribution in [0.2, 0.25) is 0 Å². The van der Waals surface area contributed by atoms with Crippen molar-refractivity contribution in [1.29, 1.82) is 0 Å². The first-order valence-corrected chi connectivity index (χ1v) is 13.0. The summed E-state index contributed by atoms with van der Waals surface area (Å²) in [5, 5.41) is 0. The van der Waals surface area contributed by atoms with Crippen LogP contribution in [-0.4, -0.2) is 30.5 Å². The SMILES string of the molecule is CC(=O)Nn1c2cc3nc(cc4ccc(cc5nc(cc1c(-c1ccccn1)c2-c1ccccc1)C=C5)[nH]4)C=C3. The molecule has 1 amide bonds. The first kappa shape index (κ1) is 23.5. The minimum absolute atomic E-state index is 0.198. The zero-order chi connectivity index (χ0) is 27.1. The van der Waals surface area contributed by atoms with Crippen molar-refractivity contribution in [3.63, 3.8) is 0 Å². The molecule has 2 aliphatic heterocycles. The second kappa shape index (κ2) is 9.63. The molecule has 0 saturated heterocycles. The fraction of sp³-hybridized carbons (Fsp3) is 0.0303. The molecule has 192 valence electrons. The lowest BCUT2D eigenvalue weighted by Crippen LogP contribution is -2.19. The van der Waals surface area contributed by atoms with Gasteiger partial charge in [-0.25, -0.2) is 9.97 Å². The number of nitrogens with zero attached hydrogens (tertiary/aromatic N) is 4. The van der Waals surface area contributed by atoms with Gasteiger partial charge in [-0.3, -0.25) is 19.9 Å². The summed E-state index contributed by atoms with van der Waals surface area (Å²) in [6.45, 7) is 1.51. The second-order valence-corrected chi connectivity index (χ2v) is 9.64. The molecule has 7 heteroatoms. The van der Waals surface area contributed by atoms with Crippen molar-refractivity contribution in [2.75, 3.05) is 5.43 Å². The van der Waals surface area contributed by atoms with Crippen LogP contribution >= 0.6 is 0 Å². The van der Waals surface area contributed by atoms with E-state index in [1.165, 1.54) is 6.92 Å². The number of rotatable bonds is 3. The summed E-state index contributed by atoms with van der Waals surface area (Å²) < 4.78 is 1.83. The quantitative estimate of drug-likeness (QED) is 0.264. The Labute approximate surface area is 230 Å². The van der Waals surface area contributed by atoms with Crippen LogP contribution in [0, 0.1) is 0 Å². The van der Waals surface area contributed by atoms with Gasteiger partial charge in [-0.05, 0) is 78.4 Å². The van der Waals surface area contributed by atoms with Crippen LogP contribution < -0.4 is 5.43 Å².